The first-order valence-corrected chi connectivity index (χ1v) is 7.32. The quantitative estimate of drug-likeness (QED) is 0.816. The van der Waals surface area contributed by atoms with E-state index in [4.69, 9.17) is 4.74 Å². The molecular formula is C15H19BrO2. The van der Waals surface area contributed by atoms with Crippen molar-refractivity contribution in [3.63, 3.8) is 0 Å². The molecule has 1 saturated carbocycles. The van der Waals surface area contributed by atoms with E-state index in [1.165, 1.54) is 25.7 Å². The van der Waals surface area contributed by atoms with Crippen LogP contribution < -0.4 is 4.74 Å². The summed E-state index contributed by atoms with van der Waals surface area (Å²) in [5.74, 6) is 1.81. The second kappa shape index (κ2) is 6.37. The largest absolute Gasteiger partial charge is 0.496 e. The molecule has 1 aliphatic rings. The molecule has 0 spiro atoms. The van der Waals surface area contributed by atoms with E-state index in [0.717, 1.165) is 22.2 Å². The van der Waals surface area contributed by atoms with E-state index >= 15 is 0 Å². The number of carbonyl (C=O) groups excluding carboxylic acids is 1. The molecule has 0 atom stereocenters. The second-order valence-electron chi connectivity index (χ2n) is 5.04. The van der Waals surface area contributed by atoms with Crippen molar-refractivity contribution in [2.45, 2.75) is 38.5 Å². The van der Waals surface area contributed by atoms with Crippen molar-refractivity contribution in [2.75, 3.05) is 7.11 Å². The van der Waals surface area contributed by atoms with Crippen molar-refractivity contribution in [3.8, 4) is 5.75 Å². The molecule has 2 rings (SSSR count). The average molecular weight is 311 g/mol. The van der Waals surface area contributed by atoms with Crippen LogP contribution in [-0.2, 0) is 11.2 Å². The predicted molar refractivity (Wildman–Crippen MR) is 76.0 cm³/mol. The second-order valence-corrected chi connectivity index (χ2v) is 5.89. The molecule has 0 amide bonds. The molecule has 0 heterocycles. The van der Waals surface area contributed by atoms with Crippen molar-refractivity contribution < 1.29 is 9.53 Å². The van der Waals surface area contributed by atoms with Crippen LogP contribution in [0.1, 0.15) is 37.7 Å². The summed E-state index contributed by atoms with van der Waals surface area (Å²) in [6.45, 7) is 0. The lowest BCUT2D eigenvalue weighted by molar-refractivity contribution is -0.119. The van der Waals surface area contributed by atoms with Crippen molar-refractivity contribution in [2.24, 2.45) is 5.92 Å². The number of ether oxygens (including phenoxy) is 1. The predicted octanol–water partition coefficient (Wildman–Crippen LogP) is 4.15. The van der Waals surface area contributed by atoms with Gasteiger partial charge in [0.05, 0.1) is 11.6 Å². The van der Waals surface area contributed by atoms with E-state index in [2.05, 4.69) is 15.9 Å². The standard InChI is InChI=1S/C15H19BrO2/c1-18-15-7-6-12(10-14(15)16)9-13(17)8-11-4-2-3-5-11/h6-7,10-11H,2-5,8-9H2,1H3. The van der Waals surface area contributed by atoms with E-state index in [1.807, 2.05) is 18.2 Å². The van der Waals surface area contributed by atoms with E-state index < -0.39 is 0 Å². The Morgan fingerprint density at radius 1 is 1.39 bits per heavy atom. The molecule has 0 N–H and O–H groups in total. The van der Waals surface area contributed by atoms with Gasteiger partial charge in [-0.05, 0) is 39.5 Å². The number of Topliss-reactive ketones (excluding diaryl/α,β-unsaturated/α-hetero) is 1. The molecule has 1 aromatic carbocycles. The van der Waals surface area contributed by atoms with Gasteiger partial charge in [0.1, 0.15) is 11.5 Å². The molecule has 0 unspecified atom stereocenters. The smallest absolute Gasteiger partial charge is 0.137 e. The summed E-state index contributed by atoms with van der Waals surface area (Å²) in [7, 11) is 1.64. The number of benzene rings is 1. The van der Waals surface area contributed by atoms with Crippen LogP contribution in [-0.4, -0.2) is 12.9 Å². The molecule has 0 saturated heterocycles. The first-order valence-electron chi connectivity index (χ1n) is 6.53. The maximum absolute atomic E-state index is 12.0. The molecule has 18 heavy (non-hydrogen) atoms. The van der Waals surface area contributed by atoms with Crippen LogP contribution in [0.15, 0.2) is 22.7 Å². The number of rotatable bonds is 5. The molecule has 2 nitrogen and oxygen atoms in total. The number of ketones is 1. The van der Waals surface area contributed by atoms with Gasteiger partial charge in [0.25, 0.3) is 0 Å². The summed E-state index contributed by atoms with van der Waals surface area (Å²) in [6.07, 6.45) is 6.36. The number of halogens is 1. The van der Waals surface area contributed by atoms with Gasteiger partial charge in [0, 0.05) is 12.8 Å². The van der Waals surface area contributed by atoms with Crippen molar-refractivity contribution >= 4 is 21.7 Å². The maximum atomic E-state index is 12.0. The van der Waals surface area contributed by atoms with Gasteiger partial charge >= 0.3 is 0 Å². The van der Waals surface area contributed by atoms with Crippen LogP contribution in [0.25, 0.3) is 0 Å². The Kier molecular flexibility index (Phi) is 4.81. The molecule has 98 valence electrons. The third-order valence-electron chi connectivity index (χ3n) is 3.61. The van der Waals surface area contributed by atoms with Gasteiger partial charge in [-0.25, -0.2) is 0 Å². The fourth-order valence-corrected chi connectivity index (χ4v) is 3.24. The maximum Gasteiger partial charge on any atom is 0.137 e. The molecule has 0 bridgehead atoms. The fraction of sp³-hybridized carbons (Fsp3) is 0.533. The molecule has 1 aromatic rings. The summed E-state index contributed by atoms with van der Waals surface area (Å²) >= 11 is 3.45. The van der Waals surface area contributed by atoms with Gasteiger partial charge in [-0.2, -0.15) is 0 Å². The van der Waals surface area contributed by atoms with E-state index in [-0.39, 0.29) is 0 Å². The Bertz CT molecular complexity index is 423. The number of methoxy groups -OCH3 is 1. The van der Waals surface area contributed by atoms with Crippen LogP contribution in [0.4, 0.5) is 0 Å². The monoisotopic (exact) mass is 310 g/mol. The summed E-state index contributed by atoms with van der Waals surface area (Å²) in [4.78, 5) is 12.0. The van der Waals surface area contributed by atoms with Gasteiger partial charge < -0.3 is 4.74 Å². The lowest BCUT2D eigenvalue weighted by atomic mass is 9.97. The zero-order valence-corrected chi connectivity index (χ0v) is 12.3. The van der Waals surface area contributed by atoms with Crippen LogP contribution in [0.5, 0.6) is 5.75 Å². The summed E-state index contributed by atoms with van der Waals surface area (Å²) in [5.41, 5.74) is 1.06. The fourth-order valence-electron chi connectivity index (χ4n) is 2.66. The van der Waals surface area contributed by atoms with Crippen LogP contribution in [0.3, 0.4) is 0 Å². The Hall–Kier alpha value is -0.830. The number of carbonyl (C=O) groups is 1. The average Bonchev–Trinajstić information content (AvgIpc) is 2.82. The van der Waals surface area contributed by atoms with Gasteiger partial charge in [-0.15, -0.1) is 0 Å². The van der Waals surface area contributed by atoms with Crippen molar-refractivity contribution in [1.29, 1.82) is 0 Å². The van der Waals surface area contributed by atoms with E-state index in [1.54, 1.807) is 7.11 Å². The first-order chi connectivity index (χ1) is 8.69. The van der Waals surface area contributed by atoms with Crippen LogP contribution >= 0.6 is 15.9 Å². The van der Waals surface area contributed by atoms with E-state index in [0.29, 0.717) is 18.1 Å². The molecule has 0 aliphatic heterocycles. The zero-order chi connectivity index (χ0) is 13.0. The molecular weight excluding hydrogens is 292 g/mol. The van der Waals surface area contributed by atoms with Crippen LogP contribution in [0.2, 0.25) is 0 Å². The Morgan fingerprint density at radius 2 is 2.11 bits per heavy atom. The van der Waals surface area contributed by atoms with Crippen molar-refractivity contribution in [3.05, 3.63) is 28.2 Å². The Morgan fingerprint density at radius 3 is 2.72 bits per heavy atom. The lowest BCUT2D eigenvalue weighted by Crippen LogP contribution is -2.08. The minimum Gasteiger partial charge on any atom is -0.496 e. The minimum absolute atomic E-state index is 0.360. The Labute approximate surface area is 117 Å². The zero-order valence-electron chi connectivity index (χ0n) is 10.7. The molecule has 0 aromatic heterocycles. The first kappa shape index (κ1) is 13.6. The highest BCUT2D eigenvalue weighted by molar-refractivity contribution is 9.10. The molecule has 3 heteroatoms. The van der Waals surface area contributed by atoms with E-state index in [9.17, 15) is 4.79 Å². The SMILES string of the molecule is COc1ccc(CC(=O)CC2CCCC2)cc1Br. The third kappa shape index (κ3) is 3.58. The summed E-state index contributed by atoms with van der Waals surface area (Å²) in [5, 5.41) is 0. The summed E-state index contributed by atoms with van der Waals surface area (Å²) in [6, 6.07) is 5.85. The third-order valence-corrected chi connectivity index (χ3v) is 4.23. The highest BCUT2D eigenvalue weighted by atomic mass is 79.9. The van der Waals surface area contributed by atoms with Crippen molar-refractivity contribution in [1.82, 2.24) is 0 Å². The normalized spacial score (nSPS) is 15.9. The van der Waals surface area contributed by atoms with Crippen LogP contribution in [0, 0.1) is 5.92 Å². The summed E-state index contributed by atoms with van der Waals surface area (Å²) < 4.78 is 6.09. The minimum atomic E-state index is 0.360. The number of hydrogen-bond donors (Lipinski definition) is 0. The number of hydrogen-bond acceptors (Lipinski definition) is 2. The molecule has 1 fully saturated rings. The van der Waals surface area contributed by atoms with Gasteiger partial charge in [0.2, 0.25) is 0 Å². The Balaban J connectivity index is 1.92. The van der Waals surface area contributed by atoms with Gasteiger partial charge in [-0.1, -0.05) is 31.7 Å². The topological polar surface area (TPSA) is 26.3 Å². The van der Waals surface area contributed by atoms with Gasteiger partial charge in [0.15, 0.2) is 0 Å². The highest BCUT2D eigenvalue weighted by Gasteiger charge is 2.18. The van der Waals surface area contributed by atoms with Gasteiger partial charge in [-0.3, -0.25) is 4.79 Å². The lowest BCUT2D eigenvalue weighted by Gasteiger charge is -2.09. The molecule has 1 aliphatic carbocycles. The molecule has 0 radical (unpaired) electrons. The highest BCUT2D eigenvalue weighted by Crippen LogP contribution is 2.29.